The van der Waals surface area contributed by atoms with Gasteiger partial charge < -0.3 is 28.4 Å². The molecule has 0 bridgehead atoms. The van der Waals surface area contributed by atoms with E-state index in [0.717, 1.165) is 60.2 Å². The summed E-state index contributed by atoms with van der Waals surface area (Å²) in [5, 5.41) is 0. The summed E-state index contributed by atoms with van der Waals surface area (Å²) in [5.41, 5.74) is 4.95. The molecule has 0 aromatic heterocycles. The molecule has 0 radical (unpaired) electrons. The van der Waals surface area contributed by atoms with E-state index < -0.39 is 0 Å². The van der Waals surface area contributed by atoms with Crippen LogP contribution in [-0.2, 0) is 25.7 Å². The van der Waals surface area contributed by atoms with Crippen molar-refractivity contribution in [1.29, 1.82) is 0 Å². The Morgan fingerprint density at radius 2 is 0.941 bits per heavy atom. The van der Waals surface area contributed by atoms with Gasteiger partial charge in [-0.2, -0.15) is 0 Å². The highest BCUT2D eigenvalue weighted by molar-refractivity contribution is 5.49. The van der Waals surface area contributed by atoms with Gasteiger partial charge in [0.2, 0.25) is 0 Å². The van der Waals surface area contributed by atoms with Gasteiger partial charge in [0.25, 0.3) is 0 Å². The number of methoxy groups -OCH3 is 2. The number of ether oxygens (including phenoxy) is 6. The van der Waals surface area contributed by atoms with Crippen LogP contribution >= 0.6 is 0 Å². The Kier molecular flexibility index (Phi) is 6.65. The first-order valence-corrected chi connectivity index (χ1v) is 11.7. The van der Waals surface area contributed by atoms with E-state index >= 15 is 0 Å². The summed E-state index contributed by atoms with van der Waals surface area (Å²) in [4.78, 5) is 0. The molecule has 0 amide bonds. The van der Waals surface area contributed by atoms with Gasteiger partial charge in [0.1, 0.15) is 26.4 Å². The van der Waals surface area contributed by atoms with Gasteiger partial charge in [0.15, 0.2) is 34.5 Å². The maximum Gasteiger partial charge on any atom is 0.161 e. The van der Waals surface area contributed by atoms with Gasteiger partial charge >= 0.3 is 0 Å². The fraction of sp³-hybridized carbons (Fsp3) is 0.357. The smallest absolute Gasteiger partial charge is 0.161 e. The van der Waals surface area contributed by atoms with Gasteiger partial charge in [-0.3, -0.25) is 0 Å². The second-order valence-corrected chi connectivity index (χ2v) is 8.43. The summed E-state index contributed by atoms with van der Waals surface area (Å²) in [6.07, 6.45) is 3.55. The third-order valence-corrected chi connectivity index (χ3v) is 6.28. The van der Waals surface area contributed by atoms with Crippen LogP contribution in [0.15, 0.2) is 48.5 Å². The van der Waals surface area contributed by atoms with Crippen LogP contribution in [0.5, 0.6) is 34.5 Å². The molecule has 0 atom stereocenters. The minimum atomic E-state index is 0.593. The molecule has 0 saturated heterocycles. The van der Waals surface area contributed by atoms with E-state index in [2.05, 4.69) is 36.4 Å². The monoisotopic (exact) mass is 462 g/mol. The summed E-state index contributed by atoms with van der Waals surface area (Å²) in [7, 11) is 3.36. The normalized spacial score (nSPS) is 13.9. The van der Waals surface area contributed by atoms with Crippen molar-refractivity contribution in [3.8, 4) is 34.5 Å². The van der Waals surface area contributed by atoms with Gasteiger partial charge in [-0.05, 0) is 84.3 Å². The molecule has 2 aliphatic rings. The zero-order valence-corrected chi connectivity index (χ0v) is 19.7. The molecule has 3 aromatic rings. The fourth-order valence-electron chi connectivity index (χ4n) is 4.47. The average Bonchev–Trinajstić information content (AvgIpc) is 2.90. The molecule has 6 heteroatoms. The maximum absolute atomic E-state index is 5.75. The molecule has 0 spiro atoms. The molecule has 0 unspecified atom stereocenters. The molecule has 0 fully saturated rings. The summed E-state index contributed by atoms with van der Waals surface area (Å²) >= 11 is 0. The molecule has 34 heavy (non-hydrogen) atoms. The lowest BCUT2D eigenvalue weighted by molar-refractivity contribution is 0.171. The number of hydrogen-bond acceptors (Lipinski definition) is 6. The van der Waals surface area contributed by atoms with Crippen LogP contribution in [0.25, 0.3) is 0 Å². The zero-order valence-electron chi connectivity index (χ0n) is 19.7. The van der Waals surface area contributed by atoms with Gasteiger partial charge in [0, 0.05) is 0 Å². The van der Waals surface area contributed by atoms with Crippen molar-refractivity contribution < 1.29 is 28.4 Å². The van der Waals surface area contributed by atoms with E-state index in [0.29, 0.717) is 26.4 Å². The van der Waals surface area contributed by atoms with Crippen molar-refractivity contribution in [1.82, 2.24) is 0 Å². The van der Waals surface area contributed by atoms with Gasteiger partial charge in [-0.15, -0.1) is 0 Å². The zero-order chi connectivity index (χ0) is 23.3. The van der Waals surface area contributed by atoms with Crippen LogP contribution in [0.1, 0.15) is 22.3 Å². The third-order valence-electron chi connectivity index (χ3n) is 6.28. The Balaban J connectivity index is 1.34. The van der Waals surface area contributed by atoms with E-state index in [-0.39, 0.29) is 0 Å². The Morgan fingerprint density at radius 3 is 1.35 bits per heavy atom. The predicted molar refractivity (Wildman–Crippen MR) is 129 cm³/mol. The molecular weight excluding hydrogens is 432 g/mol. The standard InChI is InChI=1S/C28H30O6/c1-29-25-17-21(7-3-19-5-9-23-27(15-19)33-13-11-31-23)22(18-26(25)30-2)8-4-20-6-10-24-28(16-20)34-14-12-32-24/h5-6,9-10,15-18H,3-4,7-8,11-14H2,1-2H3. The van der Waals surface area contributed by atoms with E-state index in [4.69, 9.17) is 28.4 Å². The quantitative estimate of drug-likeness (QED) is 0.479. The first-order chi connectivity index (χ1) is 16.7. The van der Waals surface area contributed by atoms with Crippen molar-refractivity contribution in [2.75, 3.05) is 40.6 Å². The summed E-state index contributed by atoms with van der Waals surface area (Å²) in [6, 6.07) is 16.6. The van der Waals surface area contributed by atoms with Crippen molar-refractivity contribution in [2.24, 2.45) is 0 Å². The highest BCUT2D eigenvalue weighted by Gasteiger charge is 2.16. The second-order valence-electron chi connectivity index (χ2n) is 8.43. The van der Waals surface area contributed by atoms with Crippen LogP contribution in [0.3, 0.4) is 0 Å². The molecule has 6 nitrogen and oxygen atoms in total. The second kappa shape index (κ2) is 10.2. The summed E-state index contributed by atoms with van der Waals surface area (Å²) in [5.74, 6) is 4.80. The average molecular weight is 463 g/mol. The van der Waals surface area contributed by atoms with Crippen LogP contribution < -0.4 is 28.4 Å². The molecule has 0 N–H and O–H groups in total. The van der Waals surface area contributed by atoms with Gasteiger partial charge in [-0.1, -0.05) is 12.1 Å². The molecule has 178 valence electrons. The molecule has 2 aliphatic heterocycles. The van der Waals surface area contributed by atoms with Crippen LogP contribution in [-0.4, -0.2) is 40.6 Å². The van der Waals surface area contributed by atoms with Crippen molar-refractivity contribution in [2.45, 2.75) is 25.7 Å². The highest BCUT2D eigenvalue weighted by Crippen LogP contribution is 2.35. The lowest BCUT2D eigenvalue weighted by Crippen LogP contribution is -2.15. The number of aryl methyl sites for hydroxylation is 4. The highest BCUT2D eigenvalue weighted by atomic mass is 16.6. The van der Waals surface area contributed by atoms with E-state index in [1.54, 1.807) is 14.2 Å². The number of hydrogen-bond donors (Lipinski definition) is 0. The topological polar surface area (TPSA) is 55.4 Å². The van der Waals surface area contributed by atoms with Crippen LogP contribution in [0.4, 0.5) is 0 Å². The largest absolute Gasteiger partial charge is 0.493 e. The molecule has 5 rings (SSSR count). The maximum atomic E-state index is 5.75. The number of rotatable bonds is 8. The minimum Gasteiger partial charge on any atom is -0.493 e. The minimum absolute atomic E-state index is 0.593. The van der Waals surface area contributed by atoms with Crippen molar-refractivity contribution in [3.63, 3.8) is 0 Å². The number of fused-ring (bicyclic) bond motifs is 2. The predicted octanol–water partition coefficient (Wildman–Crippen LogP) is 4.82. The molecule has 0 saturated carbocycles. The first-order valence-electron chi connectivity index (χ1n) is 11.7. The van der Waals surface area contributed by atoms with Crippen molar-refractivity contribution in [3.05, 3.63) is 70.8 Å². The van der Waals surface area contributed by atoms with E-state index in [1.165, 1.54) is 22.3 Å². The SMILES string of the molecule is COc1cc(CCc2ccc3c(c2)OCCO3)c(CCc2ccc3c(c2)OCCO3)cc1OC. The van der Waals surface area contributed by atoms with E-state index in [1.807, 2.05) is 12.1 Å². The summed E-state index contributed by atoms with van der Waals surface area (Å²) < 4.78 is 34.0. The molecular formula is C28H30O6. The Labute approximate surface area is 200 Å². The van der Waals surface area contributed by atoms with Crippen LogP contribution in [0, 0.1) is 0 Å². The Hall–Kier alpha value is -3.54. The van der Waals surface area contributed by atoms with Gasteiger partial charge in [0.05, 0.1) is 14.2 Å². The Bertz CT molecular complexity index is 1070. The molecule has 3 aromatic carbocycles. The van der Waals surface area contributed by atoms with Crippen LogP contribution in [0.2, 0.25) is 0 Å². The fourth-order valence-corrected chi connectivity index (χ4v) is 4.47. The van der Waals surface area contributed by atoms with Gasteiger partial charge in [-0.25, -0.2) is 0 Å². The lowest BCUT2D eigenvalue weighted by atomic mass is 9.94. The summed E-state index contributed by atoms with van der Waals surface area (Å²) in [6.45, 7) is 2.39. The first kappa shape index (κ1) is 22.3. The molecule has 2 heterocycles. The molecule has 0 aliphatic carbocycles. The van der Waals surface area contributed by atoms with Crippen molar-refractivity contribution >= 4 is 0 Å². The lowest BCUT2D eigenvalue weighted by Gasteiger charge is -2.20. The third kappa shape index (κ3) is 4.86. The number of benzene rings is 3. The van der Waals surface area contributed by atoms with E-state index in [9.17, 15) is 0 Å². The Morgan fingerprint density at radius 1 is 0.529 bits per heavy atom.